The van der Waals surface area contributed by atoms with Gasteiger partial charge in [-0.1, -0.05) is 49.3 Å². The molecule has 0 fully saturated rings. The van der Waals surface area contributed by atoms with E-state index < -0.39 is 5.92 Å². The van der Waals surface area contributed by atoms with Gasteiger partial charge in [-0.15, -0.1) is 0 Å². The molecule has 0 spiro atoms. The molecule has 0 saturated heterocycles. The van der Waals surface area contributed by atoms with Crippen LogP contribution in [0.25, 0.3) is 0 Å². The first kappa shape index (κ1) is 17.0. The second-order valence-electron chi connectivity index (χ2n) is 5.68. The van der Waals surface area contributed by atoms with Crippen molar-refractivity contribution in [1.29, 1.82) is 0 Å². The third-order valence-electron chi connectivity index (χ3n) is 3.48. The zero-order valence-electron chi connectivity index (χ0n) is 12.9. The molecule has 5 heteroatoms. The minimum Gasteiger partial charge on any atom is -0.409 e. The molecule has 0 aromatic heterocycles. The number of carbonyl (C=O) groups is 1. The molecular weight excluding hydrogens is 266 g/mol. The van der Waals surface area contributed by atoms with Gasteiger partial charge in [0.1, 0.15) is 5.92 Å². The van der Waals surface area contributed by atoms with E-state index in [0.717, 1.165) is 12.8 Å². The molecule has 2 unspecified atom stereocenters. The molecule has 0 saturated carbocycles. The van der Waals surface area contributed by atoms with Crippen LogP contribution < -0.4 is 11.1 Å². The summed E-state index contributed by atoms with van der Waals surface area (Å²) in [5.74, 6) is -0.866. The molecule has 0 heterocycles. The molecule has 0 aliphatic heterocycles. The summed E-state index contributed by atoms with van der Waals surface area (Å²) in [6.07, 6.45) is 1.74. The van der Waals surface area contributed by atoms with Crippen molar-refractivity contribution in [1.82, 2.24) is 5.32 Å². The number of rotatable bonds is 7. The molecule has 21 heavy (non-hydrogen) atoms. The van der Waals surface area contributed by atoms with Crippen molar-refractivity contribution in [2.24, 2.45) is 22.7 Å². The van der Waals surface area contributed by atoms with E-state index in [4.69, 9.17) is 10.9 Å². The van der Waals surface area contributed by atoms with E-state index in [2.05, 4.69) is 22.6 Å². The van der Waals surface area contributed by atoms with Crippen LogP contribution in [0.5, 0.6) is 0 Å². The van der Waals surface area contributed by atoms with Gasteiger partial charge in [0.05, 0.1) is 0 Å². The van der Waals surface area contributed by atoms with Crippen LogP contribution in [0.3, 0.4) is 0 Å². The lowest BCUT2D eigenvalue weighted by Crippen LogP contribution is -2.45. The predicted octanol–water partition coefficient (Wildman–Crippen LogP) is 2.14. The number of amidine groups is 1. The maximum atomic E-state index is 12.2. The Kier molecular flexibility index (Phi) is 6.72. The zero-order chi connectivity index (χ0) is 15.8. The van der Waals surface area contributed by atoms with Crippen LogP contribution >= 0.6 is 0 Å². The van der Waals surface area contributed by atoms with E-state index >= 15 is 0 Å². The highest BCUT2D eigenvalue weighted by atomic mass is 16.4. The second-order valence-corrected chi connectivity index (χ2v) is 5.68. The Morgan fingerprint density at radius 3 is 2.43 bits per heavy atom. The van der Waals surface area contributed by atoms with Gasteiger partial charge in [-0.05, 0) is 31.2 Å². The molecule has 116 valence electrons. The van der Waals surface area contributed by atoms with Crippen molar-refractivity contribution < 1.29 is 10.0 Å². The number of hydrogen-bond acceptors (Lipinski definition) is 3. The number of nitrogens with two attached hydrogens (primary N) is 1. The second kappa shape index (κ2) is 8.29. The Hall–Kier alpha value is -2.04. The fraction of sp³-hybridized carbons (Fsp3) is 0.500. The van der Waals surface area contributed by atoms with Gasteiger partial charge < -0.3 is 16.3 Å². The van der Waals surface area contributed by atoms with Crippen LogP contribution in [0.1, 0.15) is 32.8 Å². The molecule has 1 aromatic carbocycles. The summed E-state index contributed by atoms with van der Waals surface area (Å²) in [5, 5.41) is 14.7. The molecule has 1 rings (SSSR count). The summed E-state index contributed by atoms with van der Waals surface area (Å²) >= 11 is 0. The lowest BCUT2D eigenvalue weighted by Gasteiger charge is -2.22. The maximum Gasteiger partial charge on any atom is 0.231 e. The van der Waals surface area contributed by atoms with E-state index in [0.29, 0.717) is 0 Å². The summed E-state index contributed by atoms with van der Waals surface area (Å²) in [7, 11) is 0. The fourth-order valence-corrected chi connectivity index (χ4v) is 2.27. The van der Waals surface area contributed by atoms with Gasteiger partial charge in [0, 0.05) is 6.04 Å². The van der Waals surface area contributed by atoms with Crippen LogP contribution in [0, 0.1) is 11.8 Å². The van der Waals surface area contributed by atoms with Crippen molar-refractivity contribution in [3.05, 3.63) is 35.9 Å². The molecule has 1 amide bonds. The summed E-state index contributed by atoms with van der Waals surface area (Å²) in [6, 6.07) is 10.2. The Morgan fingerprint density at radius 1 is 1.29 bits per heavy atom. The van der Waals surface area contributed by atoms with Gasteiger partial charge in [0.2, 0.25) is 5.91 Å². The lowest BCUT2D eigenvalue weighted by atomic mass is 9.93. The fourth-order valence-electron chi connectivity index (χ4n) is 2.27. The molecule has 0 bridgehead atoms. The topological polar surface area (TPSA) is 87.7 Å². The normalized spacial score (nSPS) is 14.8. The number of hydrogen-bond donors (Lipinski definition) is 3. The highest BCUT2D eigenvalue weighted by Gasteiger charge is 2.27. The van der Waals surface area contributed by atoms with Crippen LogP contribution in [0.2, 0.25) is 0 Å². The van der Waals surface area contributed by atoms with Gasteiger partial charge in [-0.3, -0.25) is 4.79 Å². The van der Waals surface area contributed by atoms with Crippen LogP contribution in [-0.4, -0.2) is 23.0 Å². The Labute approximate surface area is 126 Å². The first-order chi connectivity index (χ1) is 9.95. The molecule has 1 aromatic rings. The van der Waals surface area contributed by atoms with Crippen molar-refractivity contribution >= 4 is 11.7 Å². The van der Waals surface area contributed by atoms with E-state index in [1.165, 1.54) is 5.56 Å². The summed E-state index contributed by atoms with van der Waals surface area (Å²) in [4.78, 5) is 12.2. The van der Waals surface area contributed by atoms with E-state index in [9.17, 15) is 4.79 Å². The average Bonchev–Trinajstić information content (AvgIpc) is 2.45. The Morgan fingerprint density at radius 2 is 1.90 bits per heavy atom. The quantitative estimate of drug-likeness (QED) is 0.311. The minimum atomic E-state index is -0.603. The van der Waals surface area contributed by atoms with E-state index in [1.807, 2.05) is 39.0 Å². The molecule has 5 nitrogen and oxygen atoms in total. The summed E-state index contributed by atoms with van der Waals surface area (Å²) < 4.78 is 0. The molecular formula is C16H25N3O2. The van der Waals surface area contributed by atoms with Crippen LogP contribution in [0.15, 0.2) is 35.5 Å². The van der Waals surface area contributed by atoms with Crippen LogP contribution in [0.4, 0.5) is 0 Å². The number of nitrogens with zero attached hydrogens (tertiary/aromatic N) is 1. The Bertz CT molecular complexity index is 472. The molecule has 4 N–H and O–H groups in total. The number of carbonyl (C=O) groups excluding carboxylic acids is 1. The van der Waals surface area contributed by atoms with Crippen molar-refractivity contribution in [2.45, 2.75) is 39.7 Å². The third-order valence-corrected chi connectivity index (χ3v) is 3.48. The SMILES string of the molecule is CC(CCc1ccccc1)NC(=O)C(C(N)=NO)C(C)C. The van der Waals surface area contributed by atoms with Gasteiger partial charge in [-0.25, -0.2) is 0 Å². The highest BCUT2D eigenvalue weighted by Crippen LogP contribution is 2.12. The monoisotopic (exact) mass is 291 g/mol. The van der Waals surface area contributed by atoms with E-state index in [-0.39, 0.29) is 23.7 Å². The Balaban J connectivity index is 2.53. The molecule has 2 atom stereocenters. The van der Waals surface area contributed by atoms with Gasteiger partial charge in [0.15, 0.2) is 5.84 Å². The standard InChI is InChI=1S/C16H25N3O2/c1-11(2)14(15(17)19-21)16(20)18-12(3)9-10-13-7-5-4-6-8-13/h4-8,11-12,14,21H,9-10H2,1-3H3,(H2,17,19)(H,18,20). The number of aryl methyl sites for hydroxylation is 1. The first-order valence-electron chi connectivity index (χ1n) is 7.27. The zero-order valence-corrected chi connectivity index (χ0v) is 12.9. The maximum absolute atomic E-state index is 12.2. The van der Waals surface area contributed by atoms with Crippen molar-refractivity contribution in [3.8, 4) is 0 Å². The minimum absolute atomic E-state index is 0.0257. The van der Waals surface area contributed by atoms with Gasteiger partial charge >= 0.3 is 0 Å². The van der Waals surface area contributed by atoms with Crippen molar-refractivity contribution in [2.75, 3.05) is 0 Å². The molecule has 0 radical (unpaired) electrons. The molecule has 0 aliphatic carbocycles. The summed E-state index contributed by atoms with van der Waals surface area (Å²) in [6.45, 7) is 5.71. The first-order valence-corrected chi connectivity index (χ1v) is 7.27. The predicted molar refractivity (Wildman–Crippen MR) is 84.1 cm³/mol. The van der Waals surface area contributed by atoms with Crippen LogP contribution in [-0.2, 0) is 11.2 Å². The number of amides is 1. The van der Waals surface area contributed by atoms with Crippen molar-refractivity contribution in [3.63, 3.8) is 0 Å². The lowest BCUT2D eigenvalue weighted by molar-refractivity contribution is -0.124. The number of benzene rings is 1. The number of nitrogens with one attached hydrogen (secondary N) is 1. The summed E-state index contributed by atoms with van der Waals surface area (Å²) in [5.41, 5.74) is 6.84. The average molecular weight is 291 g/mol. The van der Waals surface area contributed by atoms with Gasteiger partial charge in [-0.2, -0.15) is 0 Å². The van der Waals surface area contributed by atoms with Gasteiger partial charge in [0.25, 0.3) is 0 Å². The van der Waals surface area contributed by atoms with E-state index in [1.54, 1.807) is 0 Å². The number of oxime groups is 1. The highest BCUT2D eigenvalue weighted by molar-refractivity contribution is 6.02. The third kappa shape index (κ3) is 5.45. The smallest absolute Gasteiger partial charge is 0.231 e. The largest absolute Gasteiger partial charge is 0.409 e. The molecule has 0 aliphatic rings.